The lowest BCUT2D eigenvalue weighted by Gasteiger charge is -2.09. The molecule has 0 N–H and O–H groups in total. The molecule has 0 saturated heterocycles. The maximum absolute atomic E-state index is 13.1. The first-order valence-corrected chi connectivity index (χ1v) is 8.71. The SMILES string of the molecule is Fc1ccc(/C=C\c2nc3ccccc3n2Cc2ccccc2Cl)cc1. The molecule has 0 unspecified atom stereocenters. The van der Waals surface area contributed by atoms with Crippen molar-refractivity contribution in [2.45, 2.75) is 6.54 Å². The van der Waals surface area contributed by atoms with Crippen LogP contribution in [-0.2, 0) is 6.54 Å². The van der Waals surface area contributed by atoms with Gasteiger partial charge in [0.15, 0.2) is 0 Å². The van der Waals surface area contributed by atoms with Crippen molar-refractivity contribution in [2.24, 2.45) is 0 Å². The van der Waals surface area contributed by atoms with Gasteiger partial charge in [-0.3, -0.25) is 0 Å². The lowest BCUT2D eigenvalue weighted by atomic mass is 10.2. The monoisotopic (exact) mass is 362 g/mol. The fraction of sp³-hybridized carbons (Fsp3) is 0.0455. The molecule has 0 amide bonds. The Labute approximate surface area is 156 Å². The van der Waals surface area contributed by atoms with Gasteiger partial charge in [0, 0.05) is 5.02 Å². The van der Waals surface area contributed by atoms with Crippen LogP contribution in [0.3, 0.4) is 0 Å². The standard InChI is InChI=1S/C22H16ClFN2/c23-19-6-2-1-5-17(19)15-26-21-8-4-3-7-20(21)25-22(26)14-11-16-9-12-18(24)13-10-16/h1-14H,15H2/b14-11-. The second-order valence-electron chi connectivity index (χ2n) is 6.02. The van der Waals surface area contributed by atoms with E-state index in [1.165, 1.54) is 12.1 Å². The fourth-order valence-electron chi connectivity index (χ4n) is 2.93. The highest BCUT2D eigenvalue weighted by molar-refractivity contribution is 6.31. The average Bonchev–Trinajstić information content (AvgIpc) is 3.01. The van der Waals surface area contributed by atoms with Crippen molar-refractivity contribution in [3.63, 3.8) is 0 Å². The first kappa shape index (κ1) is 16.6. The van der Waals surface area contributed by atoms with Gasteiger partial charge in [-0.2, -0.15) is 0 Å². The number of hydrogen-bond acceptors (Lipinski definition) is 1. The van der Waals surface area contributed by atoms with Crippen molar-refractivity contribution in [3.05, 3.63) is 101 Å². The van der Waals surface area contributed by atoms with Crippen LogP contribution in [0.25, 0.3) is 23.2 Å². The number of imidazole rings is 1. The molecule has 4 aromatic rings. The van der Waals surface area contributed by atoms with Crippen molar-refractivity contribution >= 4 is 34.8 Å². The number of nitrogens with zero attached hydrogens (tertiary/aromatic N) is 2. The summed E-state index contributed by atoms with van der Waals surface area (Å²) in [5.74, 6) is 0.587. The second-order valence-corrected chi connectivity index (χ2v) is 6.43. The number of halogens is 2. The number of fused-ring (bicyclic) bond motifs is 1. The van der Waals surface area contributed by atoms with Crippen LogP contribution in [0.15, 0.2) is 72.8 Å². The molecular weight excluding hydrogens is 347 g/mol. The van der Waals surface area contributed by atoms with E-state index < -0.39 is 0 Å². The third-order valence-corrected chi connectivity index (χ3v) is 4.63. The third kappa shape index (κ3) is 3.39. The van der Waals surface area contributed by atoms with Gasteiger partial charge in [-0.1, -0.05) is 60.1 Å². The molecule has 1 heterocycles. The topological polar surface area (TPSA) is 17.8 Å². The van der Waals surface area contributed by atoms with E-state index in [1.807, 2.05) is 54.6 Å². The van der Waals surface area contributed by atoms with Crippen molar-refractivity contribution in [2.75, 3.05) is 0 Å². The Balaban J connectivity index is 1.76. The molecule has 0 atom stereocenters. The number of hydrogen-bond donors (Lipinski definition) is 0. The van der Waals surface area contributed by atoms with E-state index in [2.05, 4.69) is 10.6 Å². The highest BCUT2D eigenvalue weighted by atomic mass is 35.5. The number of benzene rings is 3. The van der Waals surface area contributed by atoms with Gasteiger partial charge >= 0.3 is 0 Å². The zero-order valence-electron chi connectivity index (χ0n) is 13.9. The van der Waals surface area contributed by atoms with Gasteiger partial charge in [0.1, 0.15) is 11.6 Å². The normalized spacial score (nSPS) is 11.5. The molecule has 3 aromatic carbocycles. The minimum Gasteiger partial charge on any atom is -0.320 e. The van der Waals surface area contributed by atoms with Crippen LogP contribution >= 0.6 is 11.6 Å². The summed E-state index contributed by atoms with van der Waals surface area (Å²) in [5.41, 5.74) is 3.93. The third-order valence-electron chi connectivity index (χ3n) is 4.27. The lowest BCUT2D eigenvalue weighted by molar-refractivity contribution is 0.628. The van der Waals surface area contributed by atoms with E-state index in [0.29, 0.717) is 6.54 Å². The van der Waals surface area contributed by atoms with Crippen LogP contribution in [0.5, 0.6) is 0 Å². The maximum atomic E-state index is 13.1. The molecule has 0 bridgehead atoms. The molecule has 0 saturated carbocycles. The molecule has 26 heavy (non-hydrogen) atoms. The zero-order valence-corrected chi connectivity index (χ0v) is 14.7. The van der Waals surface area contributed by atoms with Crippen molar-refractivity contribution < 1.29 is 4.39 Å². The first-order valence-electron chi connectivity index (χ1n) is 8.33. The van der Waals surface area contributed by atoms with E-state index in [0.717, 1.165) is 33.0 Å². The summed E-state index contributed by atoms with van der Waals surface area (Å²) in [6, 6.07) is 22.2. The molecule has 0 radical (unpaired) electrons. The minimum atomic E-state index is -0.242. The molecule has 2 nitrogen and oxygen atoms in total. The summed E-state index contributed by atoms with van der Waals surface area (Å²) in [4.78, 5) is 4.73. The Morgan fingerprint density at radius 1 is 0.885 bits per heavy atom. The Bertz CT molecular complexity index is 1080. The summed E-state index contributed by atoms with van der Waals surface area (Å²) >= 11 is 6.35. The summed E-state index contributed by atoms with van der Waals surface area (Å²) in [5, 5.41) is 0.735. The van der Waals surface area contributed by atoms with Crippen LogP contribution in [0.2, 0.25) is 5.02 Å². The molecule has 4 rings (SSSR count). The summed E-state index contributed by atoms with van der Waals surface area (Å²) in [6.07, 6.45) is 3.88. The summed E-state index contributed by atoms with van der Waals surface area (Å²) in [7, 11) is 0. The number of rotatable bonds is 4. The van der Waals surface area contributed by atoms with Gasteiger partial charge < -0.3 is 4.57 Å². The molecule has 0 aliphatic rings. The van der Waals surface area contributed by atoms with Crippen molar-refractivity contribution in [1.82, 2.24) is 9.55 Å². The lowest BCUT2D eigenvalue weighted by Crippen LogP contribution is -2.02. The van der Waals surface area contributed by atoms with E-state index >= 15 is 0 Å². The maximum Gasteiger partial charge on any atom is 0.134 e. The molecular formula is C22H16ClFN2. The zero-order chi connectivity index (χ0) is 17.9. The Morgan fingerprint density at radius 3 is 2.42 bits per heavy atom. The highest BCUT2D eigenvalue weighted by Gasteiger charge is 2.10. The molecule has 0 aliphatic carbocycles. The van der Waals surface area contributed by atoms with Crippen LogP contribution in [0.4, 0.5) is 4.39 Å². The van der Waals surface area contributed by atoms with Gasteiger partial charge in [-0.25, -0.2) is 9.37 Å². The molecule has 0 spiro atoms. The Morgan fingerprint density at radius 2 is 1.62 bits per heavy atom. The van der Waals surface area contributed by atoms with Gasteiger partial charge in [0.2, 0.25) is 0 Å². The molecule has 4 heteroatoms. The molecule has 0 aliphatic heterocycles. The van der Waals surface area contributed by atoms with E-state index in [4.69, 9.17) is 16.6 Å². The molecule has 0 fully saturated rings. The van der Waals surface area contributed by atoms with Gasteiger partial charge in [0.25, 0.3) is 0 Å². The van der Waals surface area contributed by atoms with Crippen LogP contribution < -0.4 is 0 Å². The minimum absolute atomic E-state index is 0.242. The number of aromatic nitrogens is 2. The van der Waals surface area contributed by atoms with E-state index in [9.17, 15) is 4.39 Å². The largest absolute Gasteiger partial charge is 0.320 e. The van der Waals surface area contributed by atoms with Crippen LogP contribution in [0.1, 0.15) is 17.0 Å². The summed E-state index contributed by atoms with van der Waals surface area (Å²) in [6.45, 7) is 0.628. The summed E-state index contributed by atoms with van der Waals surface area (Å²) < 4.78 is 15.2. The van der Waals surface area contributed by atoms with E-state index in [1.54, 1.807) is 12.1 Å². The predicted molar refractivity (Wildman–Crippen MR) is 106 cm³/mol. The molecule has 1 aromatic heterocycles. The fourth-order valence-corrected chi connectivity index (χ4v) is 3.12. The second kappa shape index (κ2) is 7.14. The van der Waals surface area contributed by atoms with Gasteiger partial charge in [-0.05, 0) is 47.5 Å². The Hall–Kier alpha value is -2.91. The first-order chi connectivity index (χ1) is 12.7. The van der Waals surface area contributed by atoms with Gasteiger partial charge in [0.05, 0.1) is 17.6 Å². The average molecular weight is 363 g/mol. The Kier molecular flexibility index (Phi) is 4.55. The van der Waals surface area contributed by atoms with E-state index in [-0.39, 0.29) is 5.82 Å². The van der Waals surface area contributed by atoms with Crippen LogP contribution in [-0.4, -0.2) is 9.55 Å². The molecule has 128 valence electrons. The van der Waals surface area contributed by atoms with Crippen molar-refractivity contribution in [3.8, 4) is 0 Å². The van der Waals surface area contributed by atoms with Crippen LogP contribution in [0, 0.1) is 5.82 Å². The van der Waals surface area contributed by atoms with Crippen molar-refractivity contribution in [1.29, 1.82) is 0 Å². The predicted octanol–water partition coefficient (Wildman–Crippen LogP) is 6.05. The van der Waals surface area contributed by atoms with Gasteiger partial charge in [-0.15, -0.1) is 0 Å². The number of para-hydroxylation sites is 2. The highest BCUT2D eigenvalue weighted by Crippen LogP contribution is 2.23. The quantitative estimate of drug-likeness (QED) is 0.432. The smallest absolute Gasteiger partial charge is 0.134 e.